The largest absolute Gasteiger partial charge is 0.447 e. The van der Waals surface area contributed by atoms with Gasteiger partial charge in [-0.25, -0.2) is 13.1 Å². The molecule has 6 heteroatoms. The van der Waals surface area contributed by atoms with Gasteiger partial charge in [0.05, 0.1) is 6.54 Å². The average Bonchev–Trinajstić information content (AvgIpc) is 2.95. The first kappa shape index (κ1) is 15.8. The minimum absolute atomic E-state index is 0.0645. The van der Waals surface area contributed by atoms with Crippen LogP contribution in [0.4, 0.5) is 0 Å². The van der Waals surface area contributed by atoms with E-state index in [4.69, 9.17) is 4.42 Å². The molecule has 0 saturated carbocycles. The van der Waals surface area contributed by atoms with Crippen LogP contribution in [0.5, 0.6) is 0 Å². The Hall–Kier alpha value is -1.63. The molecule has 114 valence electrons. The van der Waals surface area contributed by atoms with Crippen molar-refractivity contribution in [2.75, 3.05) is 7.05 Å². The van der Waals surface area contributed by atoms with Crippen LogP contribution in [0.2, 0.25) is 0 Å². The zero-order chi connectivity index (χ0) is 15.5. The van der Waals surface area contributed by atoms with Gasteiger partial charge in [0.1, 0.15) is 5.76 Å². The van der Waals surface area contributed by atoms with Gasteiger partial charge in [0.15, 0.2) is 0 Å². The first-order valence-electron chi connectivity index (χ1n) is 6.75. The highest BCUT2D eigenvalue weighted by atomic mass is 32.2. The van der Waals surface area contributed by atoms with Crippen LogP contribution < -0.4 is 10.0 Å². The molecule has 0 aliphatic rings. The second-order valence-corrected chi connectivity index (χ2v) is 6.70. The minimum Gasteiger partial charge on any atom is -0.447 e. The van der Waals surface area contributed by atoms with E-state index in [1.807, 2.05) is 12.1 Å². The lowest BCUT2D eigenvalue weighted by Gasteiger charge is -2.15. The summed E-state index contributed by atoms with van der Waals surface area (Å²) < 4.78 is 30.8. The van der Waals surface area contributed by atoms with Gasteiger partial charge >= 0.3 is 0 Å². The number of aryl methyl sites for hydroxylation is 1. The van der Waals surface area contributed by atoms with Crippen molar-refractivity contribution in [2.45, 2.75) is 31.5 Å². The second kappa shape index (κ2) is 6.43. The van der Waals surface area contributed by atoms with Gasteiger partial charge in [-0.15, -0.1) is 0 Å². The Balaban J connectivity index is 2.03. The SMILES string of the molecule is CNS(=O)(=O)c1ccc(CN[C@@H](C)c2ccccc2C)o1. The first-order chi connectivity index (χ1) is 9.94. The summed E-state index contributed by atoms with van der Waals surface area (Å²) in [5, 5.41) is 3.27. The fourth-order valence-corrected chi connectivity index (χ4v) is 2.80. The van der Waals surface area contributed by atoms with Crippen molar-refractivity contribution in [1.82, 2.24) is 10.0 Å². The molecule has 0 unspecified atom stereocenters. The van der Waals surface area contributed by atoms with Crippen LogP contribution in [0.3, 0.4) is 0 Å². The van der Waals surface area contributed by atoms with Crippen molar-refractivity contribution < 1.29 is 12.8 Å². The monoisotopic (exact) mass is 308 g/mol. The van der Waals surface area contributed by atoms with Crippen LogP contribution >= 0.6 is 0 Å². The summed E-state index contributed by atoms with van der Waals surface area (Å²) in [5.41, 5.74) is 2.43. The van der Waals surface area contributed by atoms with Gasteiger partial charge in [-0.3, -0.25) is 0 Å². The molecule has 1 aromatic carbocycles. The standard InChI is InChI=1S/C15H20N2O3S/c1-11-6-4-5-7-14(11)12(2)17-10-13-8-9-15(20-13)21(18,19)16-3/h4-9,12,16-17H,10H2,1-3H3/t12-/m0/s1. The fraction of sp³-hybridized carbons (Fsp3) is 0.333. The van der Waals surface area contributed by atoms with Crippen molar-refractivity contribution in [3.63, 3.8) is 0 Å². The highest BCUT2D eigenvalue weighted by molar-refractivity contribution is 7.89. The van der Waals surface area contributed by atoms with Crippen LogP contribution in [0.25, 0.3) is 0 Å². The van der Waals surface area contributed by atoms with E-state index in [9.17, 15) is 8.42 Å². The van der Waals surface area contributed by atoms with Gasteiger partial charge < -0.3 is 9.73 Å². The summed E-state index contributed by atoms with van der Waals surface area (Å²) in [6.07, 6.45) is 0. The highest BCUT2D eigenvalue weighted by Gasteiger charge is 2.16. The third-order valence-electron chi connectivity index (χ3n) is 3.41. The molecule has 0 aliphatic heterocycles. The summed E-state index contributed by atoms with van der Waals surface area (Å²) in [6, 6.07) is 11.4. The topological polar surface area (TPSA) is 71.3 Å². The molecule has 0 spiro atoms. The van der Waals surface area contributed by atoms with E-state index in [-0.39, 0.29) is 11.1 Å². The zero-order valence-electron chi connectivity index (χ0n) is 12.4. The van der Waals surface area contributed by atoms with E-state index in [1.165, 1.54) is 24.2 Å². The number of benzene rings is 1. The fourth-order valence-electron chi connectivity index (χ4n) is 2.13. The van der Waals surface area contributed by atoms with Crippen molar-refractivity contribution in [3.05, 3.63) is 53.3 Å². The Bertz CT molecular complexity index is 707. The molecular formula is C15H20N2O3S. The van der Waals surface area contributed by atoms with E-state index in [0.29, 0.717) is 12.3 Å². The molecule has 1 atom stereocenters. The molecule has 0 fully saturated rings. The van der Waals surface area contributed by atoms with Crippen LogP contribution in [-0.2, 0) is 16.6 Å². The minimum atomic E-state index is -3.52. The molecule has 1 heterocycles. The lowest BCUT2D eigenvalue weighted by Crippen LogP contribution is -2.19. The van der Waals surface area contributed by atoms with Gasteiger partial charge in [0, 0.05) is 6.04 Å². The summed E-state index contributed by atoms with van der Waals surface area (Å²) in [6.45, 7) is 4.60. The molecular weight excluding hydrogens is 288 g/mol. The number of nitrogens with one attached hydrogen (secondary N) is 2. The van der Waals surface area contributed by atoms with Crippen LogP contribution in [-0.4, -0.2) is 15.5 Å². The van der Waals surface area contributed by atoms with Gasteiger partial charge in [0.25, 0.3) is 10.0 Å². The molecule has 0 saturated heterocycles. The zero-order valence-corrected chi connectivity index (χ0v) is 13.2. The van der Waals surface area contributed by atoms with Gasteiger partial charge in [-0.05, 0) is 44.2 Å². The molecule has 0 amide bonds. The van der Waals surface area contributed by atoms with E-state index in [1.54, 1.807) is 6.07 Å². The van der Waals surface area contributed by atoms with Crippen LogP contribution in [0.1, 0.15) is 29.9 Å². The first-order valence-corrected chi connectivity index (χ1v) is 8.23. The van der Waals surface area contributed by atoms with Gasteiger partial charge in [-0.2, -0.15) is 0 Å². The lowest BCUT2D eigenvalue weighted by atomic mass is 10.0. The van der Waals surface area contributed by atoms with E-state index in [0.717, 1.165) is 0 Å². The van der Waals surface area contributed by atoms with Gasteiger partial charge in [0.2, 0.25) is 5.09 Å². The molecule has 1 aromatic heterocycles. The molecule has 21 heavy (non-hydrogen) atoms. The van der Waals surface area contributed by atoms with Gasteiger partial charge in [-0.1, -0.05) is 24.3 Å². The third kappa shape index (κ3) is 3.72. The van der Waals surface area contributed by atoms with Crippen LogP contribution in [0, 0.1) is 6.92 Å². The van der Waals surface area contributed by atoms with Crippen molar-refractivity contribution in [1.29, 1.82) is 0 Å². The summed E-state index contributed by atoms with van der Waals surface area (Å²) >= 11 is 0. The molecule has 0 aliphatic carbocycles. The molecule has 0 radical (unpaired) electrons. The molecule has 2 aromatic rings. The third-order valence-corrected chi connectivity index (χ3v) is 4.69. The average molecular weight is 308 g/mol. The van der Waals surface area contributed by atoms with E-state index < -0.39 is 10.0 Å². The summed E-state index contributed by atoms with van der Waals surface area (Å²) in [5.74, 6) is 0.587. The maximum Gasteiger partial charge on any atom is 0.273 e. The molecule has 2 rings (SSSR count). The molecule has 0 bridgehead atoms. The van der Waals surface area contributed by atoms with Crippen molar-refractivity contribution in [3.8, 4) is 0 Å². The number of hydrogen-bond acceptors (Lipinski definition) is 4. The Kier molecular flexibility index (Phi) is 4.82. The van der Waals surface area contributed by atoms with Crippen LogP contribution in [0.15, 0.2) is 45.9 Å². The second-order valence-electron chi connectivity index (χ2n) is 4.89. The predicted octanol–water partition coefficient (Wildman–Crippen LogP) is 2.35. The maximum atomic E-state index is 11.6. The Morgan fingerprint density at radius 3 is 2.57 bits per heavy atom. The van der Waals surface area contributed by atoms with E-state index in [2.05, 4.69) is 36.0 Å². The Labute approximate surface area is 125 Å². The highest BCUT2D eigenvalue weighted by Crippen LogP contribution is 2.18. The van der Waals surface area contributed by atoms with Crippen molar-refractivity contribution in [2.24, 2.45) is 0 Å². The number of hydrogen-bond donors (Lipinski definition) is 2. The number of furan rings is 1. The predicted molar refractivity (Wildman–Crippen MR) is 81.4 cm³/mol. The summed E-state index contributed by atoms with van der Waals surface area (Å²) in [7, 11) is -2.16. The molecule has 2 N–H and O–H groups in total. The number of rotatable bonds is 6. The molecule has 5 nitrogen and oxygen atoms in total. The number of sulfonamides is 1. The Morgan fingerprint density at radius 1 is 1.19 bits per heavy atom. The maximum absolute atomic E-state index is 11.6. The van der Waals surface area contributed by atoms with E-state index >= 15 is 0 Å². The van der Waals surface area contributed by atoms with Crippen molar-refractivity contribution >= 4 is 10.0 Å². The normalized spacial score (nSPS) is 13.3. The lowest BCUT2D eigenvalue weighted by molar-refractivity contribution is 0.392. The Morgan fingerprint density at radius 2 is 1.90 bits per heavy atom. The quantitative estimate of drug-likeness (QED) is 0.859. The smallest absolute Gasteiger partial charge is 0.273 e. The summed E-state index contributed by atoms with van der Waals surface area (Å²) in [4.78, 5) is 0.